The smallest absolute Gasteiger partial charge is 0.200 e. The van der Waals surface area contributed by atoms with Crippen LogP contribution in [0.2, 0.25) is 0 Å². The Morgan fingerprint density at radius 1 is 0.250 bits per heavy atom. The van der Waals surface area contributed by atoms with E-state index in [1.165, 1.54) is 12.1 Å². The second-order valence-corrected chi connectivity index (χ2v) is 14.2. The van der Waals surface area contributed by atoms with Crippen molar-refractivity contribution in [3.8, 4) is 22.7 Å². The summed E-state index contributed by atoms with van der Waals surface area (Å²) in [5, 5.41) is 3.04. The molecule has 14 heteroatoms. The van der Waals surface area contributed by atoms with Gasteiger partial charge in [-0.3, -0.25) is 18.3 Å². The standard InChI is InChI=1S/C46H20F10N4/c47-33-35(49)39(53)43(40(54)36(33)50)59-29-15-7-3-11-25(29)31-23-9-1-5-13-27(23)57(45(31)59)21-17-19-22(20-18-21)58-28-14-6-2-10-24(28)32-26-12-4-8-16-30(26)60(46(32)58)44-41(55)37(51)34(48)38(52)42(44)56/h1-20H. The van der Waals surface area contributed by atoms with Crippen LogP contribution in [0.5, 0.6) is 0 Å². The summed E-state index contributed by atoms with van der Waals surface area (Å²) in [5.74, 6) is -21.2. The first kappa shape index (κ1) is 35.7. The molecule has 0 bridgehead atoms. The zero-order valence-corrected chi connectivity index (χ0v) is 30.1. The fourth-order valence-corrected chi connectivity index (χ4v) is 8.70. The minimum atomic E-state index is -2.30. The van der Waals surface area contributed by atoms with Crippen LogP contribution in [-0.4, -0.2) is 18.3 Å². The molecule has 0 saturated heterocycles. The maximum absolute atomic E-state index is 15.8. The molecular weight excluding hydrogens is 799 g/mol. The fourth-order valence-electron chi connectivity index (χ4n) is 8.70. The molecule has 60 heavy (non-hydrogen) atoms. The first-order valence-corrected chi connectivity index (χ1v) is 18.2. The lowest BCUT2D eigenvalue weighted by Crippen LogP contribution is -2.11. The third-order valence-corrected chi connectivity index (χ3v) is 11.1. The Hall–Kier alpha value is -7.48. The SMILES string of the molecule is Fc1c(F)c(F)c(-n2c3ccccc3c3c4ccccc4n(-c4ccc(-n5c6ccccc6c6c7ccccc7n(-c7c(F)c(F)c(F)c(F)c7F)c65)cc4)c32)c(F)c1F. The fraction of sp³-hybridized carbons (Fsp3) is 0. The van der Waals surface area contributed by atoms with E-state index in [1.54, 1.807) is 118 Å². The largest absolute Gasteiger partial charge is 0.295 e. The van der Waals surface area contributed by atoms with Crippen LogP contribution >= 0.6 is 0 Å². The van der Waals surface area contributed by atoms with E-state index in [0.29, 0.717) is 54.7 Å². The molecule has 4 heterocycles. The van der Waals surface area contributed by atoms with Gasteiger partial charge < -0.3 is 0 Å². The maximum atomic E-state index is 15.8. The molecule has 0 spiro atoms. The molecule has 11 aromatic rings. The Balaban J connectivity index is 1.23. The van der Waals surface area contributed by atoms with Crippen LogP contribution in [0.1, 0.15) is 0 Å². The normalized spacial score (nSPS) is 12.2. The molecular formula is C46H20F10N4. The second kappa shape index (κ2) is 12.5. The minimum absolute atomic E-state index is 0.0774. The summed E-state index contributed by atoms with van der Waals surface area (Å²) >= 11 is 0. The van der Waals surface area contributed by atoms with Crippen LogP contribution in [0.15, 0.2) is 121 Å². The highest BCUT2D eigenvalue weighted by atomic mass is 19.2. The molecule has 4 nitrogen and oxygen atoms in total. The molecule has 0 unspecified atom stereocenters. The van der Waals surface area contributed by atoms with Gasteiger partial charge in [0.05, 0.1) is 22.1 Å². The first-order chi connectivity index (χ1) is 29.0. The maximum Gasteiger partial charge on any atom is 0.200 e. The van der Waals surface area contributed by atoms with Crippen molar-refractivity contribution < 1.29 is 43.9 Å². The first-order valence-electron chi connectivity index (χ1n) is 18.2. The van der Waals surface area contributed by atoms with Crippen LogP contribution in [0.3, 0.4) is 0 Å². The quantitative estimate of drug-likeness (QED) is 0.0958. The zero-order chi connectivity index (χ0) is 41.5. The van der Waals surface area contributed by atoms with Crippen LogP contribution in [-0.2, 0) is 0 Å². The Kier molecular flexibility index (Phi) is 7.44. The second-order valence-electron chi connectivity index (χ2n) is 14.2. The predicted octanol–water partition coefficient (Wildman–Crippen LogP) is 13.2. The van der Waals surface area contributed by atoms with Crippen molar-refractivity contribution in [3.05, 3.63) is 179 Å². The number of fused-ring (bicyclic) bond motifs is 10. The van der Waals surface area contributed by atoms with Gasteiger partial charge in [-0.15, -0.1) is 0 Å². The lowest BCUT2D eigenvalue weighted by atomic mass is 10.1. The summed E-state index contributed by atoms with van der Waals surface area (Å²) in [6, 6.07) is 33.2. The molecule has 4 aromatic heterocycles. The van der Waals surface area contributed by atoms with E-state index in [0.717, 1.165) is 9.13 Å². The van der Waals surface area contributed by atoms with Crippen LogP contribution in [0.25, 0.3) is 88.4 Å². The van der Waals surface area contributed by atoms with Crippen LogP contribution in [0.4, 0.5) is 43.9 Å². The van der Waals surface area contributed by atoms with E-state index in [1.807, 2.05) is 0 Å². The third kappa shape index (κ3) is 4.47. The number of para-hydroxylation sites is 4. The molecule has 0 saturated carbocycles. The van der Waals surface area contributed by atoms with Gasteiger partial charge in [-0.05, 0) is 48.5 Å². The van der Waals surface area contributed by atoms with Crippen molar-refractivity contribution in [1.29, 1.82) is 0 Å². The van der Waals surface area contributed by atoms with Gasteiger partial charge in [-0.1, -0.05) is 72.8 Å². The molecule has 0 radical (unpaired) electrons. The minimum Gasteiger partial charge on any atom is -0.295 e. The average molecular weight is 819 g/mol. The number of nitrogens with zero attached hydrogens (tertiary/aromatic N) is 4. The van der Waals surface area contributed by atoms with Gasteiger partial charge in [-0.25, -0.2) is 43.9 Å². The summed E-state index contributed by atoms with van der Waals surface area (Å²) in [7, 11) is 0. The molecule has 0 atom stereocenters. The highest BCUT2D eigenvalue weighted by Crippen LogP contribution is 2.45. The van der Waals surface area contributed by atoms with E-state index in [2.05, 4.69) is 0 Å². The van der Waals surface area contributed by atoms with Crippen LogP contribution in [0, 0.1) is 58.2 Å². The third-order valence-electron chi connectivity index (χ3n) is 11.1. The number of hydrogen-bond acceptors (Lipinski definition) is 0. The van der Waals surface area contributed by atoms with E-state index < -0.39 is 69.5 Å². The van der Waals surface area contributed by atoms with Gasteiger partial charge >= 0.3 is 0 Å². The zero-order valence-electron chi connectivity index (χ0n) is 30.1. The van der Waals surface area contributed by atoms with Crippen LogP contribution < -0.4 is 0 Å². The summed E-state index contributed by atoms with van der Waals surface area (Å²) in [5.41, 5.74) is -0.134. The lowest BCUT2D eigenvalue weighted by Gasteiger charge is -2.17. The Bertz CT molecular complexity index is 3370. The van der Waals surface area contributed by atoms with Crippen molar-refractivity contribution in [2.75, 3.05) is 0 Å². The van der Waals surface area contributed by atoms with E-state index >= 15 is 17.6 Å². The number of benzene rings is 7. The summed E-state index contributed by atoms with van der Waals surface area (Å²) in [4.78, 5) is 0. The highest BCUT2D eigenvalue weighted by Gasteiger charge is 2.33. The Morgan fingerprint density at radius 3 is 0.767 bits per heavy atom. The van der Waals surface area contributed by atoms with Gasteiger partial charge in [0.2, 0.25) is 11.6 Å². The summed E-state index contributed by atoms with van der Waals surface area (Å²) in [6.45, 7) is 0. The van der Waals surface area contributed by atoms with Gasteiger partial charge in [0.1, 0.15) is 22.7 Å². The van der Waals surface area contributed by atoms with Crippen molar-refractivity contribution >= 4 is 65.7 Å². The molecule has 294 valence electrons. The van der Waals surface area contributed by atoms with Crippen molar-refractivity contribution in [2.24, 2.45) is 0 Å². The molecule has 7 aromatic carbocycles. The Morgan fingerprint density at radius 2 is 0.483 bits per heavy atom. The molecule has 0 aliphatic carbocycles. The van der Waals surface area contributed by atoms with Gasteiger partial charge in [0, 0.05) is 43.7 Å². The van der Waals surface area contributed by atoms with Crippen molar-refractivity contribution in [3.63, 3.8) is 0 Å². The number of rotatable bonds is 4. The van der Waals surface area contributed by atoms with E-state index in [-0.39, 0.29) is 22.3 Å². The monoisotopic (exact) mass is 818 g/mol. The highest BCUT2D eigenvalue weighted by molar-refractivity contribution is 6.23. The topological polar surface area (TPSA) is 19.7 Å². The Labute approximate surface area is 329 Å². The molecule has 0 aliphatic heterocycles. The molecule has 0 fully saturated rings. The van der Waals surface area contributed by atoms with Crippen molar-refractivity contribution in [2.45, 2.75) is 0 Å². The lowest BCUT2D eigenvalue weighted by molar-refractivity contribution is 0.376. The van der Waals surface area contributed by atoms with E-state index in [4.69, 9.17) is 0 Å². The number of aromatic nitrogens is 4. The summed E-state index contributed by atoms with van der Waals surface area (Å²) in [6.07, 6.45) is 0. The van der Waals surface area contributed by atoms with Crippen molar-refractivity contribution in [1.82, 2.24) is 18.3 Å². The molecule has 0 aliphatic rings. The average Bonchev–Trinajstić information content (AvgIpc) is 3.99. The molecule has 11 rings (SSSR count). The van der Waals surface area contributed by atoms with E-state index in [9.17, 15) is 26.3 Å². The number of halogens is 10. The van der Waals surface area contributed by atoms with Gasteiger partial charge in [0.25, 0.3) is 0 Å². The van der Waals surface area contributed by atoms with Gasteiger partial charge in [0.15, 0.2) is 46.5 Å². The predicted molar refractivity (Wildman–Crippen MR) is 208 cm³/mol. The summed E-state index contributed by atoms with van der Waals surface area (Å²) < 4.78 is 156. The number of hydrogen-bond donors (Lipinski definition) is 0. The molecule has 0 N–H and O–H groups in total. The molecule has 0 amide bonds. The van der Waals surface area contributed by atoms with Gasteiger partial charge in [-0.2, -0.15) is 0 Å².